The maximum atomic E-state index is 12.8. The Bertz CT molecular complexity index is 863. The highest BCUT2D eigenvalue weighted by Gasteiger charge is 2.51. The zero-order valence-electron chi connectivity index (χ0n) is 15.7. The van der Waals surface area contributed by atoms with Crippen molar-refractivity contribution in [3.8, 4) is 0 Å². The minimum Gasteiger partial charge on any atom is -0.456 e. The van der Waals surface area contributed by atoms with Gasteiger partial charge >= 0.3 is 5.97 Å². The van der Waals surface area contributed by atoms with Gasteiger partial charge in [-0.3, -0.25) is 14.5 Å². The Kier molecular flexibility index (Phi) is 6.61. The summed E-state index contributed by atoms with van der Waals surface area (Å²) in [5, 5.41) is 2.74. The SMILES string of the molecule is C/C=C1/C(=O)N2C(C(=O)OCc3ccc(Br)cc3)=C(SCCNC(C)=O)C[C@H]12. The van der Waals surface area contributed by atoms with Crippen LogP contribution >= 0.6 is 27.7 Å². The van der Waals surface area contributed by atoms with Gasteiger partial charge in [0.2, 0.25) is 5.91 Å². The fourth-order valence-corrected chi connectivity index (χ4v) is 4.52. The summed E-state index contributed by atoms with van der Waals surface area (Å²) in [6.45, 7) is 3.94. The molecule has 8 heteroatoms. The first kappa shape index (κ1) is 20.7. The number of nitrogens with one attached hydrogen (secondary N) is 1. The van der Waals surface area contributed by atoms with Crippen molar-refractivity contribution < 1.29 is 19.1 Å². The summed E-state index contributed by atoms with van der Waals surface area (Å²) >= 11 is 4.86. The molecule has 6 nitrogen and oxygen atoms in total. The fourth-order valence-electron chi connectivity index (χ4n) is 3.22. The molecule has 1 N–H and O–H groups in total. The molecule has 1 aromatic carbocycles. The lowest BCUT2D eigenvalue weighted by Gasteiger charge is -2.38. The Morgan fingerprint density at radius 3 is 2.71 bits per heavy atom. The van der Waals surface area contributed by atoms with Gasteiger partial charge in [0.05, 0.1) is 6.04 Å². The molecule has 2 aliphatic rings. The van der Waals surface area contributed by atoms with Crippen LogP contribution in [0, 0.1) is 0 Å². The third-order valence-electron chi connectivity index (χ3n) is 4.56. The number of thioether (sulfide) groups is 1. The smallest absolute Gasteiger partial charge is 0.356 e. The molecule has 2 amide bonds. The molecule has 1 saturated heterocycles. The maximum Gasteiger partial charge on any atom is 0.356 e. The minimum absolute atomic E-state index is 0.0870. The van der Waals surface area contributed by atoms with Crippen molar-refractivity contribution >= 4 is 45.5 Å². The lowest BCUT2D eigenvalue weighted by Crippen LogP contribution is -2.52. The molecule has 2 heterocycles. The van der Waals surface area contributed by atoms with E-state index in [0.717, 1.165) is 20.5 Å². The van der Waals surface area contributed by atoms with E-state index in [4.69, 9.17) is 4.74 Å². The van der Waals surface area contributed by atoms with E-state index in [9.17, 15) is 14.4 Å². The molecule has 148 valence electrons. The molecule has 0 aromatic heterocycles. The van der Waals surface area contributed by atoms with Crippen molar-refractivity contribution in [2.24, 2.45) is 0 Å². The topological polar surface area (TPSA) is 75.7 Å². The van der Waals surface area contributed by atoms with Crippen LogP contribution in [0.25, 0.3) is 0 Å². The van der Waals surface area contributed by atoms with E-state index in [1.165, 1.54) is 18.7 Å². The second-order valence-electron chi connectivity index (χ2n) is 6.44. The van der Waals surface area contributed by atoms with E-state index in [2.05, 4.69) is 21.2 Å². The number of benzene rings is 1. The number of ether oxygens (including phenoxy) is 1. The lowest BCUT2D eigenvalue weighted by molar-refractivity contribution is -0.147. The van der Waals surface area contributed by atoms with Crippen LogP contribution in [0.15, 0.2) is 51.0 Å². The van der Waals surface area contributed by atoms with Crippen LogP contribution in [0.3, 0.4) is 0 Å². The van der Waals surface area contributed by atoms with Crippen molar-refractivity contribution in [2.75, 3.05) is 12.3 Å². The number of nitrogens with zero attached hydrogens (tertiary/aromatic N) is 1. The summed E-state index contributed by atoms with van der Waals surface area (Å²) in [4.78, 5) is 38.6. The average molecular weight is 465 g/mol. The molecule has 0 unspecified atom stereocenters. The Balaban J connectivity index is 1.70. The number of amides is 2. The second kappa shape index (κ2) is 8.96. The quantitative estimate of drug-likeness (QED) is 0.290. The highest BCUT2D eigenvalue weighted by Crippen LogP contribution is 2.45. The summed E-state index contributed by atoms with van der Waals surface area (Å²) in [6.07, 6.45) is 2.41. The van der Waals surface area contributed by atoms with E-state index in [0.29, 0.717) is 24.4 Å². The lowest BCUT2D eigenvalue weighted by atomic mass is 9.94. The number of carbonyl (C=O) groups excluding carboxylic acids is 3. The zero-order chi connectivity index (χ0) is 20.3. The van der Waals surface area contributed by atoms with E-state index < -0.39 is 5.97 Å². The Labute approximate surface area is 176 Å². The van der Waals surface area contributed by atoms with Gasteiger partial charge in [-0.05, 0) is 24.6 Å². The van der Waals surface area contributed by atoms with Crippen LogP contribution in [-0.4, -0.2) is 41.0 Å². The Hall–Kier alpha value is -2.06. The van der Waals surface area contributed by atoms with E-state index in [-0.39, 0.29) is 24.5 Å². The number of rotatable bonds is 7. The molecule has 1 atom stereocenters. The van der Waals surface area contributed by atoms with Gasteiger partial charge in [-0.1, -0.05) is 34.1 Å². The molecule has 0 bridgehead atoms. The monoisotopic (exact) mass is 464 g/mol. The van der Waals surface area contributed by atoms with E-state index in [1.54, 1.807) is 11.0 Å². The van der Waals surface area contributed by atoms with Crippen LogP contribution in [0.5, 0.6) is 0 Å². The summed E-state index contributed by atoms with van der Waals surface area (Å²) in [5.41, 5.74) is 1.94. The van der Waals surface area contributed by atoms with Crippen molar-refractivity contribution in [1.82, 2.24) is 10.2 Å². The first-order valence-corrected chi connectivity index (χ1v) is 10.7. The molecule has 1 aromatic rings. The van der Waals surface area contributed by atoms with Crippen LogP contribution in [0.4, 0.5) is 0 Å². The molecule has 1 fully saturated rings. The number of hydrogen-bond acceptors (Lipinski definition) is 5. The predicted octanol–water partition coefficient (Wildman–Crippen LogP) is 3.13. The van der Waals surface area contributed by atoms with Gasteiger partial charge in [-0.2, -0.15) is 0 Å². The van der Waals surface area contributed by atoms with Gasteiger partial charge in [0.1, 0.15) is 12.3 Å². The van der Waals surface area contributed by atoms with Gasteiger partial charge in [0.15, 0.2) is 0 Å². The molecule has 2 aliphatic heterocycles. The summed E-state index contributed by atoms with van der Waals surface area (Å²) in [5.74, 6) is -0.0972. The average Bonchev–Trinajstić information content (AvgIpc) is 2.99. The minimum atomic E-state index is -0.490. The highest BCUT2D eigenvalue weighted by atomic mass is 79.9. The van der Waals surface area contributed by atoms with E-state index >= 15 is 0 Å². The number of carbonyl (C=O) groups is 3. The standard InChI is InChI=1S/C20H21BrN2O4S/c1-3-15-16-10-17(28-9-8-22-12(2)24)18(23(16)19(15)25)20(26)27-11-13-4-6-14(21)7-5-13/h3-7,16H,8-11H2,1-2H3,(H,22,24)/b15-3+/t16-/m1/s1. The Morgan fingerprint density at radius 2 is 2.07 bits per heavy atom. The molecule has 28 heavy (non-hydrogen) atoms. The summed E-state index contributed by atoms with van der Waals surface area (Å²) in [6, 6.07) is 7.43. The number of allylic oxidation sites excluding steroid dienone is 1. The van der Waals surface area contributed by atoms with Gasteiger partial charge < -0.3 is 10.1 Å². The van der Waals surface area contributed by atoms with Gasteiger partial charge in [0, 0.05) is 40.6 Å². The number of fused-ring (bicyclic) bond motifs is 1. The molecule has 3 rings (SSSR count). The molecule has 0 saturated carbocycles. The van der Waals surface area contributed by atoms with Crippen molar-refractivity contribution in [1.29, 1.82) is 0 Å². The molecular weight excluding hydrogens is 444 g/mol. The Morgan fingerprint density at radius 1 is 1.36 bits per heavy atom. The van der Waals surface area contributed by atoms with Crippen LogP contribution in [-0.2, 0) is 25.7 Å². The van der Waals surface area contributed by atoms with Crippen LogP contribution in [0.2, 0.25) is 0 Å². The predicted molar refractivity (Wildman–Crippen MR) is 111 cm³/mol. The van der Waals surface area contributed by atoms with Gasteiger partial charge in [0.25, 0.3) is 5.91 Å². The van der Waals surface area contributed by atoms with Crippen molar-refractivity contribution in [3.05, 3.63) is 56.6 Å². The number of halogens is 1. The van der Waals surface area contributed by atoms with Crippen molar-refractivity contribution in [2.45, 2.75) is 32.9 Å². The number of esters is 1. The second-order valence-corrected chi connectivity index (χ2v) is 8.55. The number of β-lactam (4-membered cyclic amide) rings is 1. The fraction of sp³-hybridized carbons (Fsp3) is 0.350. The summed E-state index contributed by atoms with van der Waals surface area (Å²) < 4.78 is 6.44. The molecule has 0 radical (unpaired) electrons. The van der Waals surface area contributed by atoms with E-state index in [1.807, 2.05) is 31.2 Å². The van der Waals surface area contributed by atoms with Gasteiger partial charge in [-0.25, -0.2) is 4.79 Å². The molecule has 0 aliphatic carbocycles. The molecular formula is C20H21BrN2O4S. The normalized spacial score (nSPS) is 19.5. The summed E-state index contributed by atoms with van der Waals surface area (Å²) in [7, 11) is 0. The van der Waals surface area contributed by atoms with Crippen LogP contribution < -0.4 is 5.32 Å². The van der Waals surface area contributed by atoms with Crippen LogP contribution in [0.1, 0.15) is 25.8 Å². The maximum absolute atomic E-state index is 12.8. The third-order valence-corrected chi connectivity index (χ3v) is 6.21. The van der Waals surface area contributed by atoms with Gasteiger partial charge in [-0.15, -0.1) is 11.8 Å². The largest absolute Gasteiger partial charge is 0.456 e. The number of hydrogen-bond donors (Lipinski definition) is 1. The van der Waals surface area contributed by atoms with Crippen molar-refractivity contribution in [3.63, 3.8) is 0 Å². The molecule has 0 spiro atoms. The third kappa shape index (κ3) is 4.33. The highest BCUT2D eigenvalue weighted by molar-refractivity contribution is 9.10. The first-order chi connectivity index (χ1) is 13.4. The zero-order valence-corrected chi connectivity index (χ0v) is 18.1. The first-order valence-electron chi connectivity index (χ1n) is 8.94.